The Morgan fingerprint density at radius 3 is 2.58 bits per heavy atom. The first-order valence-corrected chi connectivity index (χ1v) is 12.7. The first kappa shape index (κ1) is 25.0. The number of hydrogen-bond acceptors (Lipinski definition) is 6. The maximum atomic E-state index is 14.8. The van der Waals surface area contributed by atoms with Crippen LogP contribution in [0.15, 0.2) is 36.0 Å². The Morgan fingerprint density at radius 2 is 1.92 bits per heavy atom. The van der Waals surface area contributed by atoms with E-state index in [4.69, 9.17) is 16.3 Å². The Kier molecular flexibility index (Phi) is 7.16. The highest BCUT2D eigenvalue weighted by atomic mass is 35.5. The highest BCUT2D eigenvalue weighted by Crippen LogP contribution is 2.32. The van der Waals surface area contributed by atoms with Crippen molar-refractivity contribution in [2.45, 2.75) is 50.4 Å². The van der Waals surface area contributed by atoms with Gasteiger partial charge in [-0.15, -0.1) is 0 Å². The van der Waals surface area contributed by atoms with E-state index in [0.717, 1.165) is 0 Å². The van der Waals surface area contributed by atoms with Gasteiger partial charge in [-0.1, -0.05) is 17.7 Å². The zero-order valence-corrected chi connectivity index (χ0v) is 20.5. The number of ether oxygens (including phenoxy) is 1. The van der Waals surface area contributed by atoms with E-state index in [0.29, 0.717) is 51.9 Å². The lowest BCUT2D eigenvalue weighted by Crippen LogP contribution is -2.47. The number of pyridine rings is 1. The first-order chi connectivity index (χ1) is 17.3. The van der Waals surface area contributed by atoms with Crippen molar-refractivity contribution in [1.82, 2.24) is 14.8 Å². The molecule has 4 aliphatic rings. The van der Waals surface area contributed by atoms with E-state index in [1.165, 1.54) is 18.3 Å². The molecule has 0 saturated carbocycles. The van der Waals surface area contributed by atoms with Crippen molar-refractivity contribution in [3.63, 3.8) is 0 Å². The highest BCUT2D eigenvalue weighted by molar-refractivity contribution is 6.30. The number of aliphatic hydroxyl groups excluding tert-OH is 1. The molecule has 0 aromatic carbocycles. The number of nitrogens with zero attached hydrogens (tertiary/aromatic N) is 4. The van der Waals surface area contributed by atoms with Gasteiger partial charge in [0.1, 0.15) is 5.83 Å². The van der Waals surface area contributed by atoms with Gasteiger partial charge in [0.25, 0.3) is 5.91 Å². The maximum absolute atomic E-state index is 14.8. The third kappa shape index (κ3) is 5.06. The van der Waals surface area contributed by atoms with Crippen LogP contribution in [0.25, 0.3) is 0 Å². The van der Waals surface area contributed by atoms with Crippen LogP contribution in [0.3, 0.4) is 0 Å². The van der Waals surface area contributed by atoms with Crippen molar-refractivity contribution in [2.75, 3.05) is 37.6 Å². The fourth-order valence-electron chi connectivity index (χ4n) is 5.43. The second-order valence-electron chi connectivity index (χ2n) is 9.77. The molecule has 1 N–H and O–H groups in total. The number of carbonyl (C=O) groups is 2. The number of hydrogen-bond donors (Lipinski definition) is 1. The van der Waals surface area contributed by atoms with Gasteiger partial charge in [0, 0.05) is 57.8 Å². The minimum absolute atomic E-state index is 0.000172. The lowest BCUT2D eigenvalue weighted by molar-refractivity contribution is -0.138. The molecule has 0 spiro atoms. The van der Waals surface area contributed by atoms with Crippen molar-refractivity contribution in [3.8, 4) is 0 Å². The molecular formula is C25H29ClF2N4O4. The summed E-state index contributed by atoms with van der Waals surface area (Å²) in [5, 5.41) is 9.89. The molecule has 194 valence electrons. The number of aromatic nitrogens is 1. The van der Waals surface area contributed by atoms with Crippen LogP contribution in [-0.2, 0) is 14.3 Å². The van der Waals surface area contributed by atoms with Crippen molar-refractivity contribution in [3.05, 3.63) is 46.8 Å². The lowest BCUT2D eigenvalue weighted by atomic mass is 9.97. The quantitative estimate of drug-likeness (QED) is 0.640. The van der Waals surface area contributed by atoms with E-state index in [1.807, 2.05) is 4.90 Å². The Balaban J connectivity index is 1.14. The number of likely N-dealkylation sites (tertiary alicyclic amines) is 2. The zero-order chi connectivity index (χ0) is 25.4. The Hall–Kier alpha value is -2.72. The summed E-state index contributed by atoms with van der Waals surface area (Å²) in [5.74, 6) is -1.78. The van der Waals surface area contributed by atoms with E-state index in [9.17, 15) is 23.5 Å². The fraction of sp³-hybridized carbons (Fsp3) is 0.560. The largest absolute Gasteiger partial charge is 0.478 e. The highest BCUT2D eigenvalue weighted by Gasteiger charge is 2.40. The second-order valence-corrected chi connectivity index (χ2v) is 10.2. The molecule has 0 radical (unpaired) electrons. The van der Waals surface area contributed by atoms with Gasteiger partial charge in [0.15, 0.2) is 23.5 Å². The molecule has 1 aromatic rings. The molecule has 0 bridgehead atoms. The average molecular weight is 523 g/mol. The van der Waals surface area contributed by atoms with Crippen LogP contribution in [0, 0.1) is 11.7 Å². The minimum Gasteiger partial charge on any atom is -0.478 e. The summed E-state index contributed by atoms with van der Waals surface area (Å²) in [4.78, 5) is 34.9. The van der Waals surface area contributed by atoms with Crippen LogP contribution >= 0.6 is 11.6 Å². The molecule has 8 nitrogen and oxygen atoms in total. The number of carbonyl (C=O) groups excluding carboxylic acids is 2. The molecule has 36 heavy (non-hydrogen) atoms. The first-order valence-electron chi connectivity index (χ1n) is 12.4. The summed E-state index contributed by atoms with van der Waals surface area (Å²) >= 11 is 5.79. The Morgan fingerprint density at radius 1 is 1.14 bits per heavy atom. The van der Waals surface area contributed by atoms with Gasteiger partial charge in [-0.3, -0.25) is 9.59 Å². The van der Waals surface area contributed by atoms with E-state index < -0.39 is 29.8 Å². The van der Waals surface area contributed by atoms with Crippen molar-refractivity contribution < 1.29 is 28.2 Å². The Labute approximate surface area is 213 Å². The SMILES string of the molecule is O=C(C1C=CC(O[C@H]2CCN(C3CCN(c4ncc(Cl)cc4F)CC3)C2=O)=C(F)C1)N1CC[C@H](O)C1. The molecule has 11 heteroatoms. The summed E-state index contributed by atoms with van der Waals surface area (Å²) in [6.45, 7) is 2.36. The van der Waals surface area contributed by atoms with Gasteiger partial charge in [-0.2, -0.15) is 0 Å². The van der Waals surface area contributed by atoms with Gasteiger partial charge in [0.2, 0.25) is 5.91 Å². The van der Waals surface area contributed by atoms with Crippen LogP contribution in [0.4, 0.5) is 14.6 Å². The predicted molar refractivity (Wildman–Crippen MR) is 128 cm³/mol. The molecule has 2 amide bonds. The third-order valence-corrected chi connectivity index (χ3v) is 7.60. The fourth-order valence-corrected chi connectivity index (χ4v) is 5.58. The smallest absolute Gasteiger partial charge is 0.263 e. The normalized spacial score (nSPS) is 27.4. The van der Waals surface area contributed by atoms with Gasteiger partial charge in [0.05, 0.1) is 17.0 Å². The summed E-state index contributed by atoms with van der Waals surface area (Å²) in [6, 6.07) is 1.24. The second kappa shape index (κ2) is 10.3. The van der Waals surface area contributed by atoms with Crippen molar-refractivity contribution in [1.29, 1.82) is 0 Å². The molecule has 3 fully saturated rings. The number of β-amino-alcohol motifs (C(OH)–C–C–N with tert-alkyl or cyclic N) is 1. The van der Waals surface area contributed by atoms with Gasteiger partial charge in [-0.25, -0.2) is 13.8 Å². The predicted octanol–water partition coefficient (Wildman–Crippen LogP) is 2.81. The molecule has 1 aromatic heterocycles. The van der Waals surface area contributed by atoms with E-state index in [-0.39, 0.29) is 47.4 Å². The molecule has 3 atom stereocenters. The molecular weight excluding hydrogens is 494 g/mol. The van der Waals surface area contributed by atoms with Crippen molar-refractivity contribution in [2.24, 2.45) is 5.92 Å². The van der Waals surface area contributed by atoms with Gasteiger partial charge < -0.3 is 24.5 Å². The molecule has 1 aliphatic carbocycles. The number of anilines is 1. The molecule has 3 saturated heterocycles. The lowest BCUT2D eigenvalue weighted by Gasteiger charge is -2.37. The van der Waals surface area contributed by atoms with Crippen LogP contribution in [-0.4, -0.2) is 82.7 Å². The monoisotopic (exact) mass is 522 g/mol. The number of rotatable bonds is 5. The summed E-state index contributed by atoms with van der Waals surface area (Å²) in [7, 11) is 0. The van der Waals surface area contributed by atoms with Crippen LogP contribution in [0.5, 0.6) is 0 Å². The van der Waals surface area contributed by atoms with E-state index >= 15 is 0 Å². The molecule has 5 rings (SSSR count). The zero-order valence-electron chi connectivity index (χ0n) is 19.8. The average Bonchev–Trinajstić information content (AvgIpc) is 3.45. The number of aliphatic hydroxyl groups is 1. The number of allylic oxidation sites excluding steroid dienone is 2. The summed E-state index contributed by atoms with van der Waals surface area (Å²) < 4.78 is 34.8. The van der Waals surface area contributed by atoms with E-state index in [1.54, 1.807) is 15.9 Å². The topological polar surface area (TPSA) is 86.2 Å². The number of amides is 2. The van der Waals surface area contributed by atoms with Crippen LogP contribution in [0.1, 0.15) is 32.1 Å². The standard InChI is InChI=1S/C25H29ClF2N4O4/c26-16-12-20(28)23(29-13-16)30-7-3-17(4-8-30)32-10-6-22(25(32)35)36-21-2-1-15(11-19(21)27)24(34)31-9-5-18(33)14-31/h1-2,12-13,15,17-18,22,33H,3-11,14H2/t15?,18-,22-/m0/s1. The molecule has 4 heterocycles. The van der Waals surface area contributed by atoms with Crippen LogP contribution < -0.4 is 4.90 Å². The van der Waals surface area contributed by atoms with Crippen LogP contribution in [0.2, 0.25) is 5.02 Å². The minimum atomic E-state index is -0.773. The van der Waals surface area contributed by atoms with Gasteiger partial charge in [-0.05, 0) is 31.4 Å². The summed E-state index contributed by atoms with van der Waals surface area (Å²) in [5.41, 5.74) is 0. The third-order valence-electron chi connectivity index (χ3n) is 7.39. The van der Waals surface area contributed by atoms with E-state index in [2.05, 4.69) is 4.98 Å². The molecule has 3 aliphatic heterocycles. The number of piperidine rings is 1. The summed E-state index contributed by atoms with van der Waals surface area (Å²) in [6.07, 6.45) is 5.36. The molecule has 1 unspecified atom stereocenters. The van der Waals surface area contributed by atoms with Crippen molar-refractivity contribution >= 4 is 29.2 Å². The van der Waals surface area contributed by atoms with Gasteiger partial charge >= 0.3 is 0 Å². The maximum Gasteiger partial charge on any atom is 0.263 e. The Bertz CT molecular complexity index is 1090. The number of halogens is 3.